The lowest BCUT2D eigenvalue weighted by Crippen LogP contribution is -2.48. The molecule has 3 aliphatic heterocycles. The highest BCUT2D eigenvalue weighted by molar-refractivity contribution is 6.01. The van der Waals surface area contributed by atoms with Crippen LogP contribution >= 0.6 is 0 Å². The monoisotopic (exact) mass is 687 g/mol. The molecule has 0 spiro atoms. The van der Waals surface area contributed by atoms with Crippen molar-refractivity contribution in [3.8, 4) is 17.2 Å². The van der Waals surface area contributed by atoms with Gasteiger partial charge in [-0.05, 0) is 49.0 Å². The van der Waals surface area contributed by atoms with E-state index in [1.165, 1.54) is 18.5 Å². The van der Waals surface area contributed by atoms with Gasteiger partial charge in [0.15, 0.2) is 23.1 Å². The molecule has 2 amide bonds. The number of anilines is 1. The summed E-state index contributed by atoms with van der Waals surface area (Å²) >= 11 is 0. The van der Waals surface area contributed by atoms with Crippen molar-refractivity contribution in [2.45, 2.75) is 12.5 Å². The van der Waals surface area contributed by atoms with Crippen molar-refractivity contribution in [2.24, 2.45) is 10.7 Å². The molecule has 0 aliphatic carbocycles. The third-order valence-electron chi connectivity index (χ3n) is 9.58. The number of ether oxygens (including phenoxy) is 1. The van der Waals surface area contributed by atoms with Gasteiger partial charge >= 0.3 is 0 Å². The van der Waals surface area contributed by atoms with Gasteiger partial charge in [0.05, 0.1) is 11.1 Å². The molecule has 12 nitrogen and oxygen atoms in total. The lowest BCUT2D eigenvalue weighted by atomic mass is 10.0. The van der Waals surface area contributed by atoms with E-state index >= 15 is 4.39 Å². The normalized spacial score (nSPS) is 17.0. The topological polar surface area (TPSA) is 139 Å². The van der Waals surface area contributed by atoms with Crippen molar-refractivity contribution in [3.63, 3.8) is 0 Å². The lowest BCUT2D eigenvalue weighted by Gasteiger charge is -2.36. The van der Waals surface area contributed by atoms with Crippen LogP contribution in [0.3, 0.4) is 0 Å². The largest absolute Gasteiger partial charge is 0.451 e. The average molecular weight is 688 g/mol. The number of amides is 2. The highest BCUT2D eigenvalue weighted by atomic mass is 19.1. The molecule has 0 bridgehead atoms. The first-order chi connectivity index (χ1) is 24.8. The Bertz CT molecular complexity index is 2320. The number of fused-ring (bicyclic) bond motifs is 3. The number of para-hydroxylation sites is 3. The minimum absolute atomic E-state index is 0.0369. The summed E-state index contributed by atoms with van der Waals surface area (Å²) in [7, 11) is 0. The lowest BCUT2D eigenvalue weighted by molar-refractivity contribution is 0.0667. The van der Waals surface area contributed by atoms with Crippen molar-refractivity contribution in [2.75, 3.05) is 44.2 Å². The van der Waals surface area contributed by atoms with E-state index in [2.05, 4.69) is 16.9 Å². The van der Waals surface area contributed by atoms with Crippen LogP contribution in [0.1, 0.15) is 27.3 Å². The number of carbonyl (C=O) groups is 2. The number of hydrogen-bond donors (Lipinski definition) is 2. The molecule has 5 aromatic rings. The van der Waals surface area contributed by atoms with Gasteiger partial charge in [-0.25, -0.2) is 9.38 Å². The number of benzene rings is 3. The molecule has 3 aliphatic rings. The van der Waals surface area contributed by atoms with E-state index in [-0.39, 0.29) is 40.1 Å². The second kappa shape index (κ2) is 12.8. The quantitative estimate of drug-likeness (QED) is 0.229. The van der Waals surface area contributed by atoms with Crippen molar-refractivity contribution in [1.82, 2.24) is 19.7 Å². The Morgan fingerprint density at radius 3 is 2.59 bits per heavy atom. The minimum atomic E-state index is -0.661. The van der Waals surface area contributed by atoms with Gasteiger partial charge in [-0.3, -0.25) is 14.4 Å². The molecule has 2 aromatic heterocycles. The molecule has 0 radical (unpaired) electrons. The maximum atomic E-state index is 16.3. The van der Waals surface area contributed by atoms with Crippen LogP contribution in [0.2, 0.25) is 0 Å². The van der Waals surface area contributed by atoms with Crippen LogP contribution in [0.4, 0.5) is 10.1 Å². The number of pyridine rings is 1. The predicted molar refractivity (Wildman–Crippen MR) is 192 cm³/mol. The molecular weight excluding hydrogens is 653 g/mol. The Labute approximate surface area is 291 Å². The number of halogens is 1. The summed E-state index contributed by atoms with van der Waals surface area (Å²) in [5, 5.41) is 3.88. The molecule has 5 heterocycles. The van der Waals surface area contributed by atoms with Crippen LogP contribution in [-0.2, 0) is 0 Å². The van der Waals surface area contributed by atoms with Gasteiger partial charge in [-0.15, -0.1) is 0 Å². The third-order valence-corrected chi connectivity index (χ3v) is 9.58. The van der Waals surface area contributed by atoms with Crippen LogP contribution in [0.25, 0.3) is 27.6 Å². The van der Waals surface area contributed by atoms with Gasteiger partial charge in [0.25, 0.3) is 11.8 Å². The van der Waals surface area contributed by atoms with Gasteiger partial charge in [0.1, 0.15) is 28.2 Å². The van der Waals surface area contributed by atoms with E-state index in [1.807, 2.05) is 40.1 Å². The van der Waals surface area contributed by atoms with Gasteiger partial charge < -0.3 is 39.5 Å². The van der Waals surface area contributed by atoms with Crippen LogP contribution in [0.5, 0.6) is 11.5 Å². The fourth-order valence-electron chi connectivity index (χ4n) is 7.03. The maximum Gasteiger partial charge on any atom is 0.287 e. The fourth-order valence-corrected chi connectivity index (χ4v) is 7.03. The number of aromatic nitrogens is 1. The first-order valence-electron chi connectivity index (χ1n) is 16.7. The maximum absolute atomic E-state index is 16.3. The minimum Gasteiger partial charge on any atom is -0.451 e. The summed E-state index contributed by atoms with van der Waals surface area (Å²) in [5.41, 5.74) is 6.51. The molecule has 1 atom stereocenters. The Kier molecular flexibility index (Phi) is 8.01. The zero-order valence-corrected chi connectivity index (χ0v) is 27.5. The molecule has 258 valence electrons. The fraction of sp³-hybridized carbons (Fsp3) is 0.211. The van der Waals surface area contributed by atoms with E-state index in [1.54, 1.807) is 46.0 Å². The highest BCUT2D eigenvalue weighted by Gasteiger charge is 2.35. The number of allylic oxidation sites excluding steroid dienone is 1. The van der Waals surface area contributed by atoms with Crippen LogP contribution in [0, 0.1) is 5.82 Å². The Balaban J connectivity index is 1.09. The van der Waals surface area contributed by atoms with Crippen LogP contribution in [-0.4, -0.2) is 77.7 Å². The number of carbonyl (C=O) groups excluding carboxylic acids is 2. The number of furan rings is 1. The van der Waals surface area contributed by atoms with E-state index in [0.717, 1.165) is 5.39 Å². The van der Waals surface area contributed by atoms with Crippen molar-refractivity contribution >= 4 is 45.6 Å². The van der Waals surface area contributed by atoms with Crippen molar-refractivity contribution in [1.29, 1.82) is 0 Å². The summed E-state index contributed by atoms with van der Waals surface area (Å²) in [6.45, 7) is 6.37. The number of piperazine rings is 1. The van der Waals surface area contributed by atoms with Gasteiger partial charge in [-0.1, -0.05) is 36.9 Å². The summed E-state index contributed by atoms with van der Waals surface area (Å²) in [5.74, 6) is -0.0753. The molecule has 3 aromatic carbocycles. The summed E-state index contributed by atoms with van der Waals surface area (Å²) in [6, 6.07) is 17.2. The number of rotatable bonds is 7. The van der Waals surface area contributed by atoms with E-state index < -0.39 is 17.2 Å². The molecule has 0 saturated carbocycles. The SMILES string of the molecule is C=C(/N=C\C=C/N)N1CCN(C(=O)c2cn3c4c(c(N5CCC(NC(=O)c6cc7ccccc7o6)C5)c(F)cc4c2=O)Oc2ccccc2-3)CC1. The van der Waals surface area contributed by atoms with E-state index in [4.69, 9.17) is 14.9 Å². The van der Waals surface area contributed by atoms with Gasteiger partial charge in [-0.2, -0.15) is 0 Å². The molecular formula is C38H34FN7O5. The second-order valence-corrected chi connectivity index (χ2v) is 12.7. The summed E-state index contributed by atoms with van der Waals surface area (Å²) in [6.07, 6.45) is 6.60. The summed E-state index contributed by atoms with van der Waals surface area (Å²) in [4.78, 5) is 50.7. The smallest absolute Gasteiger partial charge is 0.287 e. The zero-order valence-electron chi connectivity index (χ0n) is 27.5. The van der Waals surface area contributed by atoms with Crippen molar-refractivity contribution in [3.05, 3.63) is 119 Å². The van der Waals surface area contributed by atoms with Crippen LogP contribution in [0.15, 0.2) is 106 Å². The first-order valence-corrected chi connectivity index (χ1v) is 16.7. The second-order valence-electron chi connectivity index (χ2n) is 12.7. The van der Waals surface area contributed by atoms with Gasteiger partial charge in [0, 0.05) is 63.1 Å². The molecule has 2 fully saturated rings. The standard InChI is InChI=1S/C38H34FN7O5/c1-23(41-13-6-12-40)43-15-17-44(18-16-43)38(49)27-22-46-29-8-3-5-10-31(29)51-36-33(46)26(35(27)47)20-28(39)34(36)45-14-11-25(21-45)42-37(48)32-19-24-7-2-4-9-30(24)50-32/h2-10,12-13,19-20,22,25H,1,11,14-18,21,40H2,(H,42,48)/b12-6-,41-13-. The number of hydrogen-bond acceptors (Lipinski definition) is 9. The van der Waals surface area contributed by atoms with E-state index in [9.17, 15) is 14.4 Å². The molecule has 2 saturated heterocycles. The van der Waals surface area contributed by atoms with E-state index in [0.29, 0.717) is 74.0 Å². The van der Waals surface area contributed by atoms with Gasteiger partial charge in [0.2, 0.25) is 5.43 Å². The highest BCUT2D eigenvalue weighted by Crippen LogP contribution is 2.47. The Morgan fingerprint density at radius 1 is 1.02 bits per heavy atom. The first kappa shape index (κ1) is 31.9. The number of nitrogens with one attached hydrogen (secondary N) is 1. The molecule has 13 heteroatoms. The zero-order chi connectivity index (χ0) is 35.2. The van der Waals surface area contributed by atoms with Crippen LogP contribution < -0.4 is 26.1 Å². The molecule has 1 unspecified atom stereocenters. The third kappa shape index (κ3) is 5.66. The Morgan fingerprint density at radius 2 is 1.78 bits per heavy atom. The molecule has 8 rings (SSSR count). The molecule has 3 N–H and O–H groups in total. The number of aliphatic imine (C=N–C) groups is 1. The number of nitrogens with zero attached hydrogens (tertiary/aromatic N) is 5. The average Bonchev–Trinajstić information content (AvgIpc) is 3.80. The number of nitrogens with two attached hydrogens (primary N) is 1. The predicted octanol–water partition coefficient (Wildman–Crippen LogP) is 4.76. The molecule has 51 heavy (non-hydrogen) atoms. The Hall–Kier alpha value is -6.37. The summed E-state index contributed by atoms with van der Waals surface area (Å²) < 4.78 is 30.2. The van der Waals surface area contributed by atoms with Crippen molar-refractivity contribution < 1.29 is 23.1 Å².